The number of benzene rings is 2. The normalized spacial score (nSPS) is 23.0. The summed E-state index contributed by atoms with van der Waals surface area (Å²) in [6.45, 7) is 5.44. The predicted molar refractivity (Wildman–Crippen MR) is 165 cm³/mol. The molecule has 8 heteroatoms. The third kappa shape index (κ3) is 4.69. The first-order chi connectivity index (χ1) is 20.6. The van der Waals surface area contributed by atoms with Crippen molar-refractivity contribution in [3.63, 3.8) is 0 Å². The van der Waals surface area contributed by atoms with Crippen LogP contribution < -0.4 is 9.64 Å². The fraction of sp³-hybridized carbons (Fsp3) is 0.500. The van der Waals surface area contributed by atoms with E-state index in [0.29, 0.717) is 23.5 Å². The first-order valence-electron chi connectivity index (χ1n) is 15.7. The summed E-state index contributed by atoms with van der Waals surface area (Å²) in [6.07, 6.45) is 11.2. The molecule has 1 N–H and O–H groups in total. The second-order valence-electron chi connectivity index (χ2n) is 12.3. The van der Waals surface area contributed by atoms with Gasteiger partial charge in [0.05, 0.1) is 17.5 Å². The fourth-order valence-electron chi connectivity index (χ4n) is 7.71. The molecular formula is C34H40FN5O2. The molecule has 0 saturated carbocycles. The van der Waals surface area contributed by atoms with Gasteiger partial charge in [-0.2, -0.15) is 9.97 Å². The van der Waals surface area contributed by atoms with Gasteiger partial charge in [-0.25, -0.2) is 4.39 Å². The second-order valence-corrected chi connectivity index (χ2v) is 12.3. The summed E-state index contributed by atoms with van der Waals surface area (Å²) in [5.41, 5.74) is 2.40. The molecule has 220 valence electrons. The number of fused-ring (bicyclic) bond motifs is 3. The number of anilines is 1. The fourth-order valence-corrected chi connectivity index (χ4v) is 7.71. The van der Waals surface area contributed by atoms with Crippen molar-refractivity contribution in [2.24, 2.45) is 0 Å². The van der Waals surface area contributed by atoms with Crippen molar-refractivity contribution < 1.29 is 14.2 Å². The molecule has 4 aromatic rings. The highest BCUT2D eigenvalue weighted by atomic mass is 19.1. The summed E-state index contributed by atoms with van der Waals surface area (Å²) in [7, 11) is 0. The Kier molecular flexibility index (Phi) is 7.44. The Hall–Kier alpha value is -3.36. The van der Waals surface area contributed by atoms with E-state index in [2.05, 4.69) is 41.0 Å². The van der Waals surface area contributed by atoms with Crippen LogP contribution in [0.1, 0.15) is 63.9 Å². The van der Waals surface area contributed by atoms with Crippen molar-refractivity contribution in [2.75, 3.05) is 37.7 Å². The molecule has 0 amide bonds. The monoisotopic (exact) mass is 569 g/mol. The maximum Gasteiger partial charge on any atom is 0.319 e. The number of aryl methyl sites for hydroxylation is 1. The summed E-state index contributed by atoms with van der Waals surface area (Å²) in [6, 6.07) is 12.6. The smallest absolute Gasteiger partial charge is 0.319 e. The standard InChI is InChI=1S/C34H40FN5O2/c1-2-23-10-7-11-24-12-8-13-26(28(23)24)30-29(35)31-27(20-36-30)32(39-17-5-3-4-6-18-39)38-33(37-31)42-22-34-15-9-19-40(34)25(21-41)14-16-34/h7-8,10-13,20,25,41H,2-6,9,14-19,21-22H2,1H3. The first kappa shape index (κ1) is 27.5. The molecule has 7 nitrogen and oxygen atoms in total. The Bertz CT molecular complexity index is 1600. The lowest BCUT2D eigenvalue weighted by molar-refractivity contribution is 0.0644. The number of aliphatic hydroxyl groups is 1. The SMILES string of the molecule is CCc1cccc2cccc(-c3ncc4c(N5CCCCCC5)nc(OCC56CCCN5C(CO)CC6)nc4c3F)c12. The second kappa shape index (κ2) is 11.4. The summed E-state index contributed by atoms with van der Waals surface area (Å²) < 4.78 is 23.1. The highest BCUT2D eigenvalue weighted by molar-refractivity contribution is 6.00. The molecule has 3 aliphatic heterocycles. The van der Waals surface area contributed by atoms with Crippen LogP contribution in [0.15, 0.2) is 42.6 Å². The van der Waals surface area contributed by atoms with E-state index in [1.54, 1.807) is 6.20 Å². The van der Waals surface area contributed by atoms with E-state index in [1.165, 1.54) is 18.4 Å². The molecule has 2 atom stereocenters. The number of nitrogens with zero attached hydrogens (tertiary/aromatic N) is 5. The molecule has 2 unspecified atom stereocenters. The molecular weight excluding hydrogens is 529 g/mol. The molecule has 7 rings (SSSR count). The molecule has 5 heterocycles. The Morgan fingerprint density at radius 2 is 1.81 bits per heavy atom. The Morgan fingerprint density at radius 1 is 1.00 bits per heavy atom. The van der Waals surface area contributed by atoms with Gasteiger partial charge in [0.15, 0.2) is 5.82 Å². The number of halogens is 1. The molecule has 0 aliphatic carbocycles. The van der Waals surface area contributed by atoms with E-state index in [9.17, 15) is 5.11 Å². The molecule has 3 fully saturated rings. The zero-order chi connectivity index (χ0) is 28.7. The Morgan fingerprint density at radius 3 is 2.60 bits per heavy atom. The largest absolute Gasteiger partial charge is 0.461 e. The summed E-state index contributed by atoms with van der Waals surface area (Å²) in [4.78, 5) is 19.0. The number of ether oxygens (including phenoxy) is 1. The van der Waals surface area contributed by atoms with E-state index >= 15 is 4.39 Å². The minimum Gasteiger partial charge on any atom is -0.461 e. The van der Waals surface area contributed by atoms with E-state index in [1.807, 2.05) is 12.1 Å². The average Bonchev–Trinajstić information content (AvgIpc) is 3.46. The molecule has 3 aliphatic rings. The lowest BCUT2D eigenvalue weighted by Crippen LogP contribution is -2.47. The number of aromatic nitrogens is 3. The van der Waals surface area contributed by atoms with E-state index in [-0.39, 0.29) is 29.7 Å². The van der Waals surface area contributed by atoms with Crippen LogP contribution >= 0.6 is 0 Å². The predicted octanol–water partition coefficient (Wildman–Crippen LogP) is 6.30. The highest BCUT2D eigenvalue weighted by Crippen LogP contribution is 2.43. The zero-order valence-corrected chi connectivity index (χ0v) is 24.5. The van der Waals surface area contributed by atoms with Crippen LogP contribution in [0, 0.1) is 5.82 Å². The van der Waals surface area contributed by atoms with Crippen molar-refractivity contribution in [2.45, 2.75) is 76.3 Å². The molecule has 0 radical (unpaired) electrons. The van der Waals surface area contributed by atoms with Crippen LogP contribution in [0.2, 0.25) is 0 Å². The zero-order valence-electron chi connectivity index (χ0n) is 24.5. The van der Waals surface area contributed by atoms with Gasteiger partial charge >= 0.3 is 6.01 Å². The maximum absolute atomic E-state index is 16.7. The van der Waals surface area contributed by atoms with Crippen LogP contribution in [-0.2, 0) is 6.42 Å². The molecule has 42 heavy (non-hydrogen) atoms. The van der Waals surface area contributed by atoms with Crippen LogP contribution in [0.4, 0.5) is 10.2 Å². The van der Waals surface area contributed by atoms with Crippen LogP contribution in [-0.4, -0.2) is 69.4 Å². The van der Waals surface area contributed by atoms with Gasteiger partial charge in [0.2, 0.25) is 0 Å². The van der Waals surface area contributed by atoms with E-state index < -0.39 is 5.82 Å². The van der Waals surface area contributed by atoms with E-state index in [0.717, 1.165) is 80.9 Å². The number of hydrogen-bond acceptors (Lipinski definition) is 7. The number of aliphatic hydroxyl groups excluding tert-OH is 1. The summed E-state index contributed by atoms with van der Waals surface area (Å²) >= 11 is 0. The molecule has 2 aromatic carbocycles. The first-order valence-corrected chi connectivity index (χ1v) is 15.7. The lowest BCUT2D eigenvalue weighted by atomic mass is 9.95. The number of rotatable bonds is 7. The molecule has 0 spiro atoms. The van der Waals surface area contributed by atoms with Crippen LogP contribution in [0.25, 0.3) is 32.9 Å². The lowest BCUT2D eigenvalue weighted by Gasteiger charge is -2.34. The summed E-state index contributed by atoms with van der Waals surface area (Å²) in [5.74, 6) is 0.276. The molecule has 2 aromatic heterocycles. The minimum atomic E-state index is -0.434. The minimum absolute atomic E-state index is 0.115. The number of pyridine rings is 1. The van der Waals surface area contributed by atoms with Gasteiger partial charge in [-0.3, -0.25) is 9.88 Å². The van der Waals surface area contributed by atoms with Crippen molar-refractivity contribution in [3.8, 4) is 17.3 Å². The molecule has 0 bridgehead atoms. The van der Waals surface area contributed by atoms with E-state index in [4.69, 9.17) is 19.7 Å². The van der Waals surface area contributed by atoms with Gasteiger partial charge in [0.1, 0.15) is 23.6 Å². The number of hydrogen-bond donors (Lipinski definition) is 1. The van der Waals surface area contributed by atoms with Gasteiger partial charge in [0, 0.05) is 30.9 Å². The Balaban J connectivity index is 1.33. The Labute approximate surface area is 246 Å². The summed E-state index contributed by atoms with van der Waals surface area (Å²) in [5, 5.41) is 12.7. The van der Waals surface area contributed by atoms with Crippen LogP contribution in [0.5, 0.6) is 6.01 Å². The van der Waals surface area contributed by atoms with Crippen molar-refractivity contribution in [1.29, 1.82) is 0 Å². The quantitative estimate of drug-likeness (QED) is 0.280. The highest BCUT2D eigenvalue weighted by Gasteiger charge is 2.49. The molecule has 3 saturated heterocycles. The van der Waals surface area contributed by atoms with Crippen molar-refractivity contribution in [1.82, 2.24) is 19.9 Å². The van der Waals surface area contributed by atoms with Crippen LogP contribution in [0.3, 0.4) is 0 Å². The van der Waals surface area contributed by atoms with Gasteiger partial charge in [-0.1, -0.05) is 56.2 Å². The van der Waals surface area contributed by atoms with Gasteiger partial charge < -0.3 is 14.7 Å². The van der Waals surface area contributed by atoms with Gasteiger partial charge in [-0.05, 0) is 67.8 Å². The van der Waals surface area contributed by atoms with Crippen molar-refractivity contribution in [3.05, 3.63) is 54.0 Å². The average molecular weight is 570 g/mol. The maximum atomic E-state index is 16.7. The van der Waals surface area contributed by atoms with Crippen molar-refractivity contribution >= 4 is 27.5 Å². The van der Waals surface area contributed by atoms with Gasteiger partial charge in [0.25, 0.3) is 0 Å². The third-order valence-corrected chi connectivity index (χ3v) is 9.89. The van der Waals surface area contributed by atoms with Gasteiger partial charge in [-0.15, -0.1) is 0 Å². The topological polar surface area (TPSA) is 74.6 Å². The third-order valence-electron chi connectivity index (χ3n) is 9.89.